The van der Waals surface area contributed by atoms with Gasteiger partial charge >= 0.3 is 6.03 Å². The number of rotatable bonds is 7. The number of hydrogen-bond donors (Lipinski definition) is 2. The van der Waals surface area contributed by atoms with Crippen molar-refractivity contribution in [2.24, 2.45) is 0 Å². The van der Waals surface area contributed by atoms with Gasteiger partial charge in [0.15, 0.2) is 11.0 Å². The first-order chi connectivity index (χ1) is 13.7. The second-order valence-electron chi connectivity index (χ2n) is 6.59. The summed E-state index contributed by atoms with van der Waals surface area (Å²) in [5, 5.41) is 14.3. The Balaban J connectivity index is 1.56. The van der Waals surface area contributed by atoms with Crippen molar-refractivity contribution < 1.29 is 9.59 Å². The zero-order valence-electron chi connectivity index (χ0n) is 15.6. The highest BCUT2D eigenvalue weighted by Gasteiger charge is 2.18. The van der Waals surface area contributed by atoms with E-state index >= 15 is 0 Å². The SMILES string of the molecule is C=CCn1c(SCC(=O)NC(=O)NC2CCCCC2)nnc1-c1ccncc1. The normalized spacial score (nSPS) is 14.4. The standard InChI is InChI=1S/C19H24N6O2S/c1-2-12-25-17(14-8-10-20-11-9-14)23-24-19(25)28-13-16(26)22-18(27)21-15-6-4-3-5-7-15/h2,8-11,15H,1,3-7,12-13H2,(H2,21,22,26,27). The number of carbonyl (C=O) groups is 2. The summed E-state index contributed by atoms with van der Waals surface area (Å²) in [5.74, 6) is 0.390. The molecule has 3 amide bonds. The first-order valence-corrected chi connectivity index (χ1v) is 10.3. The smallest absolute Gasteiger partial charge is 0.321 e. The molecule has 0 unspecified atom stereocenters. The number of nitrogens with zero attached hydrogens (tertiary/aromatic N) is 4. The average molecular weight is 401 g/mol. The van der Waals surface area contributed by atoms with Crippen LogP contribution in [0.2, 0.25) is 0 Å². The molecule has 0 aromatic carbocycles. The van der Waals surface area contributed by atoms with Gasteiger partial charge in [0.1, 0.15) is 0 Å². The first-order valence-electron chi connectivity index (χ1n) is 9.35. The molecule has 0 radical (unpaired) electrons. The highest BCUT2D eigenvalue weighted by Crippen LogP contribution is 2.23. The van der Waals surface area contributed by atoms with Gasteiger partial charge in [-0.1, -0.05) is 37.1 Å². The Kier molecular flexibility index (Phi) is 7.18. The zero-order valence-corrected chi connectivity index (χ0v) is 16.5. The molecule has 28 heavy (non-hydrogen) atoms. The molecule has 0 spiro atoms. The molecule has 1 aliphatic rings. The molecule has 0 atom stereocenters. The van der Waals surface area contributed by atoms with Crippen LogP contribution in [-0.4, -0.2) is 43.5 Å². The van der Waals surface area contributed by atoms with E-state index in [1.165, 1.54) is 18.2 Å². The van der Waals surface area contributed by atoms with Crippen molar-refractivity contribution in [3.8, 4) is 11.4 Å². The Morgan fingerprint density at radius 3 is 2.68 bits per heavy atom. The minimum atomic E-state index is -0.428. The van der Waals surface area contributed by atoms with Crippen molar-refractivity contribution in [3.05, 3.63) is 37.2 Å². The zero-order chi connectivity index (χ0) is 19.8. The molecular formula is C19H24N6O2S. The third kappa shape index (κ3) is 5.41. The molecule has 148 valence electrons. The van der Waals surface area contributed by atoms with E-state index in [0.717, 1.165) is 31.2 Å². The Labute approximate surface area is 168 Å². The maximum Gasteiger partial charge on any atom is 0.321 e. The Bertz CT molecular complexity index is 817. The number of thioether (sulfide) groups is 1. The number of pyridine rings is 1. The van der Waals surface area contributed by atoms with E-state index in [9.17, 15) is 9.59 Å². The van der Waals surface area contributed by atoms with Crippen LogP contribution in [0.4, 0.5) is 4.79 Å². The summed E-state index contributed by atoms with van der Waals surface area (Å²) in [6.45, 7) is 4.28. The van der Waals surface area contributed by atoms with Gasteiger partial charge in [-0.15, -0.1) is 16.8 Å². The predicted octanol–water partition coefficient (Wildman–Crippen LogP) is 2.78. The second-order valence-corrected chi connectivity index (χ2v) is 7.53. The third-order valence-electron chi connectivity index (χ3n) is 4.49. The summed E-state index contributed by atoms with van der Waals surface area (Å²) in [6, 6.07) is 3.43. The van der Waals surface area contributed by atoms with Crippen molar-refractivity contribution in [1.82, 2.24) is 30.4 Å². The molecule has 2 aromatic rings. The quantitative estimate of drug-likeness (QED) is 0.547. The molecular weight excluding hydrogens is 376 g/mol. The van der Waals surface area contributed by atoms with Gasteiger partial charge in [0.2, 0.25) is 5.91 Å². The van der Waals surface area contributed by atoms with Crippen LogP contribution in [-0.2, 0) is 11.3 Å². The lowest BCUT2D eigenvalue weighted by Gasteiger charge is -2.22. The largest absolute Gasteiger partial charge is 0.335 e. The van der Waals surface area contributed by atoms with E-state index in [-0.39, 0.29) is 17.7 Å². The van der Waals surface area contributed by atoms with E-state index in [4.69, 9.17) is 0 Å². The highest BCUT2D eigenvalue weighted by atomic mass is 32.2. The van der Waals surface area contributed by atoms with Crippen LogP contribution in [0.5, 0.6) is 0 Å². The molecule has 2 N–H and O–H groups in total. The van der Waals surface area contributed by atoms with Crippen molar-refractivity contribution in [2.45, 2.75) is 49.8 Å². The summed E-state index contributed by atoms with van der Waals surface area (Å²) < 4.78 is 1.88. The van der Waals surface area contributed by atoms with E-state index in [2.05, 4.69) is 32.4 Å². The van der Waals surface area contributed by atoms with Crippen molar-refractivity contribution in [2.75, 3.05) is 5.75 Å². The maximum absolute atomic E-state index is 12.1. The Morgan fingerprint density at radius 1 is 1.21 bits per heavy atom. The summed E-state index contributed by atoms with van der Waals surface area (Å²) in [6.07, 6.45) is 10.5. The van der Waals surface area contributed by atoms with Crippen LogP contribution in [0.15, 0.2) is 42.3 Å². The van der Waals surface area contributed by atoms with Crippen LogP contribution >= 0.6 is 11.8 Å². The fraction of sp³-hybridized carbons (Fsp3) is 0.421. The van der Waals surface area contributed by atoms with E-state index < -0.39 is 6.03 Å². The summed E-state index contributed by atoms with van der Waals surface area (Å²) in [4.78, 5) is 28.1. The molecule has 2 heterocycles. The van der Waals surface area contributed by atoms with Gasteiger partial charge in [-0.2, -0.15) is 0 Å². The van der Waals surface area contributed by atoms with E-state index in [1.807, 2.05) is 16.7 Å². The van der Waals surface area contributed by atoms with Crippen LogP contribution in [0.1, 0.15) is 32.1 Å². The molecule has 0 saturated heterocycles. The van der Waals surface area contributed by atoms with E-state index in [0.29, 0.717) is 17.5 Å². The van der Waals surface area contributed by atoms with Gasteiger partial charge in [-0.25, -0.2) is 4.79 Å². The number of carbonyl (C=O) groups excluding carboxylic acids is 2. The molecule has 9 heteroatoms. The topological polar surface area (TPSA) is 102 Å². The number of nitrogens with one attached hydrogen (secondary N) is 2. The molecule has 0 aliphatic heterocycles. The number of aromatic nitrogens is 4. The number of imide groups is 1. The number of hydrogen-bond acceptors (Lipinski definition) is 6. The number of amides is 3. The van der Waals surface area contributed by atoms with Crippen LogP contribution in [0.3, 0.4) is 0 Å². The molecule has 1 fully saturated rings. The Hall–Kier alpha value is -2.68. The molecule has 1 saturated carbocycles. The summed E-state index contributed by atoms with van der Waals surface area (Å²) in [7, 11) is 0. The molecule has 8 nitrogen and oxygen atoms in total. The van der Waals surface area contributed by atoms with Gasteiger partial charge in [0.25, 0.3) is 0 Å². The lowest BCUT2D eigenvalue weighted by molar-refractivity contribution is -0.117. The lowest BCUT2D eigenvalue weighted by Crippen LogP contribution is -2.45. The lowest BCUT2D eigenvalue weighted by atomic mass is 9.96. The molecule has 1 aliphatic carbocycles. The third-order valence-corrected chi connectivity index (χ3v) is 5.46. The fourth-order valence-corrected chi connectivity index (χ4v) is 3.91. The maximum atomic E-state index is 12.1. The first kappa shape index (κ1) is 20.1. The summed E-state index contributed by atoms with van der Waals surface area (Å²) >= 11 is 1.23. The van der Waals surface area contributed by atoms with Gasteiger partial charge in [-0.3, -0.25) is 19.7 Å². The van der Waals surface area contributed by atoms with Gasteiger partial charge in [0.05, 0.1) is 5.75 Å². The minimum Gasteiger partial charge on any atom is -0.335 e. The minimum absolute atomic E-state index is 0.0731. The summed E-state index contributed by atoms with van der Waals surface area (Å²) in [5.41, 5.74) is 0.882. The number of urea groups is 1. The monoisotopic (exact) mass is 400 g/mol. The molecule has 3 rings (SSSR count). The van der Waals surface area contributed by atoms with Crippen LogP contribution in [0, 0.1) is 0 Å². The second kappa shape index (κ2) is 10.0. The predicted molar refractivity (Wildman–Crippen MR) is 108 cm³/mol. The van der Waals surface area contributed by atoms with E-state index in [1.54, 1.807) is 18.5 Å². The van der Waals surface area contributed by atoms with Crippen LogP contribution in [0.25, 0.3) is 11.4 Å². The molecule has 2 aromatic heterocycles. The van der Waals surface area contributed by atoms with Crippen molar-refractivity contribution in [3.63, 3.8) is 0 Å². The van der Waals surface area contributed by atoms with Crippen LogP contribution < -0.4 is 10.6 Å². The molecule has 0 bridgehead atoms. The van der Waals surface area contributed by atoms with Gasteiger partial charge in [-0.05, 0) is 25.0 Å². The average Bonchev–Trinajstić information content (AvgIpc) is 3.11. The fourth-order valence-electron chi connectivity index (χ4n) is 3.16. The van der Waals surface area contributed by atoms with Gasteiger partial charge < -0.3 is 5.32 Å². The number of allylic oxidation sites excluding steroid dienone is 1. The van der Waals surface area contributed by atoms with Crippen molar-refractivity contribution >= 4 is 23.7 Å². The van der Waals surface area contributed by atoms with Crippen molar-refractivity contribution in [1.29, 1.82) is 0 Å². The highest BCUT2D eigenvalue weighted by molar-refractivity contribution is 7.99. The van der Waals surface area contributed by atoms with Gasteiger partial charge in [0, 0.05) is 30.5 Å². The Morgan fingerprint density at radius 2 is 1.96 bits per heavy atom.